The number of carbonyl (C=O) groups excluding carboxylic acids is 1. The molecule has 1 aromatic heterocycles. The largest absolute Gasteiger partial charge is 0.411 e. The molecule has 0 bridgehead atoms. The molecule has 0 spiro atoms. The minimum absolute atomic E-state index is 0.0161. The minimum Gasteiger partial charge on any atom is -0.411 e. The molecule has 1 atom stereocenters. The minimum atomic E-state index is 0.0161. The number of likely N-dealkylation sites (tertiary alicyclic amines) is 1. The second-order valence-corrected chi connectivity index (χ2v) is 9.42. The van der Waals surface area contributed by atoms with E-state index in [1.165, 1.54) is 6.21 Å². The summed E-state index contributed by atoms with van der Waals surface area (Å²) in [6.45, 7) is 4.48. The van der Waals surface area contributed by atoms with Gasteiger partial charge < -0.3 is 19.7 Å². The Balaban J connectivity index is 1.27. The predicted molar refractivity (Wildman–Crippen MR) is 127 cm³/mol. The molecule has 4 heterocycles. The molecule has 0 aliphatic carbocycles. The van der Waals surface area contributed by atoms with E-state index in [9.17, 15) is 10.0 Å². The number of aromatic nitrogens is 2. The summed E-state index contributed by atoms with van der Waals surface area (Å²) >= 11 is 0. The number of ether oxygens (including phenoxy) is 1. The van der Waals surface area contributed by atoms with Gasteiger partial charge in [-0.15, -0.1) is 0 Å². The zero-order valence-electron chi connectivity index (χ0n) is 19.1. The summed E-state index contributed by atoms with van der Waals surface area (Å²) in [7, 11) is 0. The SMILES string of the molecule is O=C1CCCN1CC1CCN(c2ccc(-c3cnn(C4CCCCO4)c3)cc2/C=N\O)CC1. The molecular weight excluding hydrogens is 418 g/mol. The van der Waals surface area contributed by atoms with Gasteiger partial charge in [-0.1, -0.05) is 11.2 Å². The van der Waals surface area contributed by atoms with E-state index in [4.69, 9.17) is 4.74 Å². The van der Waals surface area contributed by atoms with Crippen molar-refractivity contribution in [3.8, 4) is 11.1 Å². The maximum Gasteiger partial charge on any atom is 0.222 e. The zero-order valence-corrected chi connectivity index (χ0v) is 19.1. The quantitative estimate of drug-likeness (QED) is 0.409. The van der Waals surface area contributed by atoms with Crippen molar-refractivity contribution < 1.29 is 14.7 Å². The van der Waals surface area contributed by atoms with Gasteiger partial charge in [0.1, 0.15) is 6.23 Å². The van der Waals surface area contributed by atoms with Gasteiger partial charge in [0, 0.05) is 62.2 Å². The number of anilines is 1. The van der Waals surface area contributed by atoms with E-state index < -0.39 is 0 Å². The Morgan fingerprint density at radius 1 is 1.12 bits per heavy atom. The molecule has 1 unspecified atom stereocenters. The first-order chi connectivity index (χ1) is 16.2. The van der Waals surface area contributed by atoms with Crippen LogP contribution in [0.4, 0.5) is 5.69 Å². The molecule has 2 aromatic rings. The summed E-state index contributed by atoms with van der Waals surface area (Å²) in [5.74, 6) is 0.873. The van der Waals surface area contributed by atoms with Crippen molar-refractivity contribution in [2.45, 2.75) is 51.2 Å². The van der Waals surface area contributed by atoms with Crippen molar-refractivity contribution >= 4 is 17.8 Å². The van der Waals surface area contributed by atoms with E-state index in [1.807, 2.05) is 22.0 Å². The lowest BCUT2D eigenvalue weighted by molar-refractivity contribution is -0.128. The maximum atomic E-state index is 12.0. The maximum absolute atomic E-state index is 12.0. The normalized spacial score (nSPS) is 22.5. The Morgan fingerprint density at radius 2 is 2.00 bits per heavy atom. The first-order valence-electron chi connectivity index (χ1n) is 12.2. The van der Waals surface area contributed by atoms with Crippen molar-refractivity contribution in [3.63, 3.8) is 0 Å². The Bertz CT molecular complexity index is 990. The van der Waals surface area contributed by atoms with Gasteiger partial charge in [-0.3, -0.25) is 4.79 Å². The molecule has 5 rings (SSSR count). The van der Waals surface area contributed by atoms with E-state index in [0.29, 0.717) is 18.2 Å². The van der Waals surface area contributed by atoms with Crippen molar-refractivity contribution in [2.75, 3.05) is 37.7 Å². The zero-order chi connectivity index (χ0) is 22.6. The highest BCUT2D eigenvalue weighted by Gasteiger charge is 2.27. The van der Waals surface area contributed by atoms with Gasteiger partial charge in [-0.05, 0) is 62.1 Å². The van der Waals surface area contributed by atoms with Crippen LogP contribution in [0.15, 0.2) is 35.7 Å². The highest BCUT2D eigenvalue weighted by molar-refractivity contribution is 5.90. The Labute approximate surface area is 194 Å². The molecule has 176 valence electrons. The van der Waals surface area contributed by atoms with Crippen molar-refractivity contribution in [1.82, 2.24) is 14.7 Å². The van der Waals surface area contributed by atoms with Gasteiger partial charge in [-0.25, -0.2) is 4.68 Å². The third-order valence-corrected chi connectivity index (χ3v) is 7.22. The second kappa shape index (κ2) is 9.95. The van der Waals surface area contributed by atoms with Crippen LogP contribution in [0.25, 0.3) is 11.1 Å². The monoisotopic (exact) mass is 451 g/mol. The average Bonchev–Trinajstić information content (AvgIpc) is 3.50. The smallest absolute Gasteiger partial charge is 0.222 e. The number of hydrogen-bond acceptors (Lipinski definition) is 6. The molecule has 33 heavy (non-hydrogen) atoms. The number of benzene rings is 1. The highest BCUT2D eigenvalue weighted by Crippen LogP contribution is 2.31. The van der Waals surface area contributed by atoms with Crippen LogP contribution in [-0.2, 0) is 9.53 Å². The van der Waals surface area contributed by atoms with Gasteiger partial charge in [0.15, 0.2) is 0 Å². The lowest BCUT2D eigenvalue weighted by Crippen LogP contribution is -2.39. The molecule has 3 aliphatic heterocycles. The van der Waals surface area contributed by atoms with Crippen LogP contribution in [0.1, 0.15) is 56.7 Å². The molecular formula is C25H33N5O3. The van der Waals surface area contributed by atoms with E-state index in [0.717, 1.165) is 93.7 Å². The van der Waals surface area contributed by atoms with Crippen molar-refractivity contribution in [3.05, 3.63) is 36.2 Å². The molecule has 8 nitrogen and oxygen atoms in total. The summed E-state index contributed by atoms with van der Waals surface area (Å²) in [6, 6.07) is 6.29. The van der Waals surface area contributed by atoms with Gasteiger partial charge in [0.2, 0.25) is 5.91 Å². The fraction of sp³-hybridized carbons (Fsp3) is 0.560. The standard InChI is InChI=1S/C25H33N5O3/c31-24-4-3-10-29(24)17-19-8-11-28(12-9-19)23-7-6-20(14-21(23)16-27-32)22-15-26-30(18-22)25-5-1-2-13-33-25/h6-7,14-16,18-19,25,32H,1-5,8-13,17H2/b27-16-. The van der Waals surface area contributed by atoms with Crippen LogP contribution in [0.2, 0.25) is 0 Å². The van der Waals surface area contributed by atoms with Crippen LogP contribution in [0.3, 0.4) is 0 Å². The average molecular weight is 452 g/mol. The number of carbonyl (C=O) groups is 1. The Kier molecular flexibility index (Phi) is 6.62. The second-order valence-electron chi connectivity index (χ2n) is 9.42. The number of hydrogen-bond donors (Lipinski definition) is 1. The van der Waals surface area contributed by atoms with Gasteiger partial charge in [0.05, 0.1) is 12.4 Å². The van der Waals surface area contributed by atoms with Crippen LogP contribution in [0.5, 0.6) is 0 Å². The summed E-state index contributed by atoms with van der Waals surface area (Å²) in [4.78, 5) is 16.4. The Hall–Kier alpha value is -2.87. The van der Waals surface area contributed by atoms with Gasteiger partial charge in [-0.2, -0.15) is 5.10 Å². The number of nitrogens with zero attached hydrogens (tertiary/aromatic N) is 5. The van der Waals surface area contributed by atoms with Crippen molar-refractivity contribution in [1.29, 1.82) is 0 Å². The van der Waals surface area contributed by atoms with Crippen LogP contribution < -0.4 is 4.90 Å². The number of piperidine rings is 1. The molecule has 0 radical (unpaired) electrons. The van der Waals surface area contributed by atoms with Crippen LogP contribution >= 0.6 is 0 Å². The molecule has 1 N–H and O–H groups in total. The Morgan fingerprint density at radius 3 is 2.73 bits per heavy atom. The molecule has 8 heteroatoms. The predicted octanol–water partition coefficient (Wildman–Crippen LogP) is 3.90. The lowest BCUT2D eigenvalue weighted by atomic mass is 9.95. The molecule has 1 amide bonds. The first kappa shape index (κ1) is 21.9. The topological polar surface area (TPSA) is 83.2 Å². The number of rotatable bonds is 6. The fourth-order valence-corrected chi connectivity index (χ4v) is 5.33. The van der Waals surface area contributed by atoms with Crippen molar-refractivity contribution in [2.24, 2.45) is 11.1 Å². The third-order valence-electron chi connectivity index (χ3n) is 7.22. The van der Waals surface area contributed by atoms with Crippen LogP contribution in [-0.4, -0.2) is 64.8 Å². The molecule has 3 fully saturated rings. The summed E-state index contributed by atoms with van der Waals surface area (Å²) in [5.41, 5.74) is 4.04. The number of oxime groups is 1. The molecule has 3 saturated heterocycles. The summed E-state index contributed by atoms with van der Waals surface area (Å²) in [6.07, 6.45) is 12.6. The van der Waals surface area contributed by atoms with E-state index in [1.54, 1.807) is 0 Å². The fourth-order valence-electron chi connectivity index (χ4n) is 5.33. The highest BCUT2D eigenvalue weighted by atomic mass is 16.5. The lowest BCUT2D eigenvalue weighted by Gasteiger charge is -2.36. The molecule has 3 aliphatic rings. The van der Waals surface area contributed by atoms with Crippen LogP contribution in [0, 0.1) is 5.92 Å². The van der Waals surface area contributed by atoms with E-state index in [-0.39, 0.29) is 6.23 Å². The summed E-state index contributed by atoms with van der Waals surface area (Å²) in [5, 5.41) is 17.1. The molecule has 0 saturated carbocycles. The summed E-state index contributed by atoms with van der Waals surface area (Å²) < 4.78 is 7.76. The number of amides is 1. The first-order valence-corrected chi connectivity index (χ1v) is 12.2. The van der Waals surface area contributed by atoms with E-state index in [2.05, 4.69) is 33.4 Å². The van der Waals surface area contributed by atoms with Gasteiger partial charge >= 0.3 is 0 Å². The van der Waals surface area contributed by atoms with Gasteiger partial charge in [0.25, 0.3) is 0 Å². The van der Waals surface area contributed by atoms with E-state index >= 15 is 0 Å². The third kappa shape index (κ3) is 4.90. The molecule has 1 aromatic carbocycles.